The average Bonchev–Trinajstić information content (AvgIpc) is 2.02. The van der Waals surface area contributed by atoms with Gasteiger partial charge in [0.2, 0.25) is 0 Å². The van der Waals surface area contributed by atoms with Crippen LogP contribution in [0.25, 0.3) is 0 Å². The van der Waals surface area contributed by atoms with Gasteiger partial charge in [-0.25, -0.2) is 0 Å². The molecule has 0 saturated carbocycles. The molecule has 0 radical (unpaired) electrons. The molecule has 0 saturated heterocycles. The monoisotopic (exact) mass is 194 g/mol. The topological polar surface area (TPSA) is 0 Å². The van der Waals surface area contributed by atoms with E-state index in [2.05, 4.69) is 13.5 Å². The first-order valence-corrected chi connectivity index (χ1v) is 4.61. The molecule has 0 nitrogen and oxygen atoms in total. The van der Waals surface area contributed by atoms with Crippen LogP contribution in [0.5, 0.6) is 0 Å². The number of halogens is 2. The summed E-state index contributed by atoms with van der Waals surface area (Å²) in [4.78, 5) is 0. The second-order valence-corrected chi connectivity index (χ2v) is 2.76. The molecule has 11 heavy (non-hydrogen) atoms. The first kappa shape index (κ1) is 13.6. The Morgan fingerprint density at radius 1 is 1.55 bits per heavy atom. The predicted molar refractivity (Wildman–Crippen MR) is 55.4 cm³/mol. The molecule has 0 spiro atoms. The fraction of sp³-hybridized carbons (Fsp3) is 0.556. The lowest BCUT2D eigenvalue weighted by atomic mass is 10.3. The largest absolute Gasteiger partial charge is 0.122 e. The molecule has 0 N–H and O–H groups in total. The standard InChI is InChI=1S/C5H9Cl.C4H7Cl/c1-2-3-4-5-6;1-4(2)3-5/h4-5H,2-3H2,1H3;1,3H2,2H3. The molecule has 0 atom stereocenters. The van der Waals surface area contributed by atoms with Crippen molar-refractivity contribution in [2.45, 2.75) is 26.7 Å². The van der Waals surface area contributed by atoms with E-state index in [0.29, 0.717) is 5.88 Å². The SMILES string of the molecule is C=C(C)CCl.CCCC=CCl. The first-order chi connectivity index (χ1) is 5.18. The summed E-state index contributed by atoms with van der Waals surface area (Å²) < 4.78 is 0. The Kier molecular flexibility index (Phi) is 15.8. The zero-order chi connectivity index (χ0) is 9.11. The van der Waals surface area contributed by atoms with Crippen molar-refractivity contribution in [3.05, 3.63) is 23.8 Å². The number of rotatable bonds is 3. The highest BCUT2D eigenvalue weighted by molar-refractivity contribution is 6.25. The van der Waals surface area contributed by atoms with Gasteiger partial charge in [0.15, 0.2) is 0 Å². The Bertz CT molecular complexity index is 106. The zero-order valence-corrected chi connectivity index (χ0v) is 8.75. The first-order valence-electron chi connectivity index (χ1n) is 3.64. The van der Waals surface area contributed by atoms with E-state index in [9.17, 15) is 0 Å². The smallest absolute Gasteiger partial charge is 0.0428 e. The van der Waals surface area contributed by atoms with Crippen LogP contribution >= 0.6 is 23.2 Å². The summed E-state index contributed by atoms with van der Waals surface area (Å²) in [6.07, 6.45) is 4.23. The van der Waals surface area contributed by atoms with E-state index in [1.807, 2.05) is 13.0 Å². The quantitative estimate of drug-likeness (QED) is 0.464. The highest BCUT2D eigenvalue weighted by Crippen LogP contribution is 1.88. The van der Waals surface area contributed by atoms with Gasteiger partial charge in [0.1, 0.15) is 0 Å². The Hall–Kier alpha value is 0.0600. The maximum Gasteiger partial charge on any atom is 0.0428 e. The van der Waals surface area contributed by atoms with Crippen LogP contribution in [0.1, 0.15) is 26.7 Å². The maximum absolute atomic E-state index is 5.24. The summed E-state index contributed by atoms with van der Waals surface area (Å²) in [6, 6.07) is 0. The van der Waals surface area contributed by atoms with Gasteiger partial charge in [-0.1, -0.05) is 43.2 Å². The number of hydrogen-bond acceptors (Lipinski definition) is 0. The van der Waals surface area contributed by atoms with Crippen LogP contribution in [0.15, 0.2) is 23.8 Å². The van der Waals surface area contributed by atoms with Crippen molar-refractivity contribution < 1.29 is 0 Å². The lowest BCUT2D eigenvalue weighted by Crippen LogP contribution is -1.65. The Labute approximate surface area is 79.9 Å². The van der Waals surface area contributed by atoms with Crippen LogP contribution in [-0.4, -0.2) is 5.88 Å². The van der Waals surface area contributed by atoms with Gasteiger partial charge in [0.25, 0.3) is 0 Å². The van der Waals surface area contributed by atoms with Gasteiger partial charge < -0.3 is 0 Å². The van der Waals surface area contributed by atoms with E-state index in [1.165, 1.54) is 6.42 Å². The van der Waals surface area contributed by atoms with Gasteiger partial charge in [-0.3, -0.25) is 0 Å². The van der Waals surface area contributed by atoms with Gasteiger partial charge in [-0.15, -0.1) is 11.6 Å². The molecule has 0 bridgehead atoms. The van der Waals surface area contributed by atoms with E-state index >= 15 is 0 Å². The van der Waals surface area contributed by atoms with Crippen LogP contribution in [0.4, 0.5) is 0 Å². The molecule has 0 aromatic heterocycles. The summed E-state index contributed by atoms with van der Waals surface area (Å²) in [5.74, 6) is 0.583. The van der Waals surface area contributed by atoms with Crippen molar-refractivity contribution in [1.29, 1.82) is 0 Å². The third-order valence-corrected chi connectivity index (χ3v) is 1.41. The molecule has 0 unspecified atom stereocenters. The van der Waals surface area contributed by atoms with E-state index in [1.54, 1.807) is 5.54 Å². The molecular formula is C9H16Cl2. The third-order valence-electron chi connectivity index (χ3n) is 0.773. The van der Waals surface area contributed by atoms with Crippen molar-refractivity contribution in [3.8, 4) is 0 Å². The van der Waals surface area contributed by atoms with Crippen LogP contribution in [-0.2, 0) is 0 Å². The summed E-state index contributed by atoms with van der Waals surface area (Å²) in [7, 11) is 0. The lowest BCUT2D eigenvalue weighted by Gasteiger charge is -1.77. The normalized spacial score (nSPS) is 9.09. The molecule has 2 heteroatoms. The van der Waals surface area contributed by atoms with Gasteiger partial charge in [-0.05, 0) is 13.3 Å². The Balaban J connectivity index is 0. The fourth-order valence-electron chi connectivity index (χ4n) is 0.230. The van der Waals surface area contributed by atoms with E-state index in [-0.39, 0.29) is 0 Å². The summed E-state index contributed by atoms with van der Waals surface area (Å²) in [5.41, 5.74) is 2.58. The summed E-state index contributed by atoms with van der Waals surface area (Å²) in [6.45, 7) is 7.56. The van der Waals surface area contributed by atoms with Crippen LogP contribution in [0, 0.1) is 0 Å². The van der Waals surface area contributed by atoms with Crippen molar-refractivity contribution in [2.24, 2.45) is 0 Å². The lowest BCUT2D eigenvalue weighted by molar-refractivity contribution is 0.960. The van der Waals surface area contributed by atoms with Crippen molar-refractivity contribution in [3.63, 3.8) is 0 Å². The Morgan fingerprint density at radius 3 is 2.09 bits per heavy atom. The van der Waals surface area contributed by atoms with E-state index < -0.39 is 0 Å². The average molecular weight is 195 g/mol. The van der Waals surface area contributed by atoms with Gasteiger partial charge in [0, 0.05) is 11.4 Å². The summed E-state index contributed by atoms with van der Waals surface area (Å²) in [5, 5.41) is 0. The van der Waals surface area contributed by atoms with Crippen LogP contribution < -0.4 is 0 Å². The molecule has 66 valence electrons. The fourth-order valence-corrected chi connectivity index (χ4v) is 0.356. The number of unbranched alkanes of at least 4 members (excludes halogenated alkanes) is 1. The van der Waals surface area contributed by atoms with E-state index in [0.717, 1.165) is 12.0 Å². The molecule has 0 aromatic rings. The Morgan fingerprint density at radius 2 is 2.00 bits per heavy atom. The molecular weight excluding hydrogens is 179 g/mol. The van der Waals surface area contributed by atoms with Gasteiger partial charge >= 0.3 is 0 Å². The second kappa shape index (κ2) is 12.7. The van der Waals surface area contributed by atoms with Crippen molar-refractivity contribution >= 4 is 23.2 Å². The molecule has 0 aromatic carbocycles. The minimum Gasteiger partial charge on any atom is -0.122 e. The molecule has 0 aliphatic carbocycles. The summed E-state index contributed by atoms with van der Waals surface area (Å²) >= 11 is 10.4. The highest BCUT2D eigenvalue weighted by Gasteiger charge is 1.70. The molecule has 0 heterocycles. The minimum atomic E-state index is 0.583. The predicted octanol–water partition coefficient (Wildman–Crippen LogP) is 4.34. The van der Waals surface area contributed by atoms with Crippen molar-refractivity contribution in [1.82, 2.24) is 0 Å². The minimum absolute atomic E-state index is 0.583. The second-order valence-electron chi connectivity index (χ2n) is 2.24. The number of allylic oxidation sites excluding steroid dienone is 2. The van der Waals surface area contributed by atoms with Gasteiger partial charge in [0.05, 0.1) is 0 Å². The molecule has 0 aliphatic rings. The number of hydrogen-bond donors (Lipinski definition) is 0. The maximum atomic E-state index is 5.24. The highest BCUT2D eigenvalue weighted by atomic mass is 35.5. The van der Waals surface area contributed by atoms with Crippen LogP contribution in [0.3, 0.4) is 0 Å². The van der Waals surface area contributed by atoms with Crippen molar-refractivity contribution in [2.75, 3.05) is 5.88 Å². The van der Waals surface area contributed by atoms with Crippen LogP contribution in [0.2, 0.25) is 0 Å². The van der Waals surface area contributed by atoms with E-state index in [4.69, 9.17) is 23.2 Å². The molecule has 0 amide bonds. The molecule has 0 fully saturated rings. The third kappa shape index (κ3) is 25.5. The molecule has 0 aliphatic heterocycles. The molecule has 0 rings (SSSR count). The van der Waals surface area contributed by atoms with Gasteiger partial charge in [-0.2, -0.15) is 0 Å². The zero-order valence-electron chi connectivity index (χ0n) is 7.24. The number of alkyl halides is 1.